The lowest BCUT2D eigenvalue weighted by Gasteiger charge is -2.28. The Morgan fingerprint density at radius 1 is 1.36 bits per heavy atom. The first-order valence-corrected chi connectivity index (χ1v) is 7.73. The Morgan fingerprint density at radius 3 is 2.55 bits per heavy atom. The molecule has 0 amide bonds. The van der Waals surface area contributed by atoms with Crippen molar-refractivity contribution in [1.29, 1.82) is 0 Å². The molecule has 122 valence electrons. The van der Waals surface area contributed by atoms with Gasteiger partial charge in [0.15, 0.2) is 0 Å². The number of benzene rings is 1. The lowest BCUT2D eigenvalue weighted by Crippen LogP contribution is -2.44. The molecule has 0 aliphatic carbocycles. The zero-order valence-corrected chi connectivity index (χ0v) is 13.1. The summed E-state index contributed by atoms with van der Waals surface area (Å²) in [5.41, 5.74) is -0.0795. The Bertz CT molecular complexity index is 517. The number of likely N-dealkylation sites (tertiary alicyclic amines) is 1. The molecule has 2 N–H and O–H groups in total. The van der Waals surface area contributed by atoms with E-state index in [-0.39, 0.29) is 11.7 Å². The molecule has 1 aliphatic rings. The van der Waals surface area contributed by atoms with Crippen molar-refractivity contribution in [2.45, 2.75) is 44.8 Å². The molecule has 0 radical (unpaired) electrons. The maximum atomic E-state index is 12.9. The van der Waals surface area contributed by atoms with E-state index >= 15 is 0 Å². The average molecular weight is 309 g/mol. The standard InChI is InChI=1S/C17H24FNO3/c1-12(2)9-15(16(20)21)19-8-7-17(22,11-19)10-13-3-5-14(18)6-4-13/h3-6,12,15,22H,7-11H2,1-2H3,(H,20,21). The Kier molecular flexibility index (Phi) is 5.19. The van der Waals surface area contributed by atoms with Crippen molar-refractivity contribution in [3.8, 4) is 0 Å². The van der Waals surface area contributed by atoms with Crippen molar-refractivity contribution in [3.05, 3.63) is 35.6 Å². The van der Waals surface area contributed by atoms with Crippen LogP contribution in [0, 0.1) is 11.7 Å². The normalized spacial score (nSPS) is 23.9. The van der Waals surface area contributed by atoms with Gasteiger partial charge in [0.2, 0.25) is 0 Å². The van der Waals surface area contributed by atoms with Crippen molar-refractivity contribution in [2.24, 2.45) is 5.92 Å². The van der Waals surface area contributed by atoms with Crippen LogP contribution in [0.2, 0.25) is 0 Å². The Labute approximate surface area is 130 Å². The topological polar surface area (TPSA) is 60.8 Å². The van der Waals surface area contributed by atoms with E-state index in [0.29, 0.717) is 32.4 Å². The number of carbonyl (C=O) groups is 1. The van der Waals surface area contributed by atoms with Crippen molar-refractivity contribution in [1.82, 2.24) is 4.90 Å². The van der Waals surface area contributed by atoms with Crippen molar-refractivity contribution >= 4 is 5.97 Å². The summed E-state index contributed by atoms with van der Waals surface area (Å²) >= 11 is 0. The minimum absolute atomic E-state index is 0.284. The SMILES string of the molecule is CC(C)CC(C(=O)O)N1CCC(O)(Cc2ccc(F)cc2)C1. The molecule has 1 aliphatic heterocycles. The van der Waals surface area contributed by atoms with Crippen molar-refractivity contribution in [3.63, 3.8) is 0 Å². The minimum Gasteiger partial charge on any atom is -0.480 e. The first-order chi connectivity index (χ1) is 10.3. The molecule has 5 heteroatoms. The Hall–Kier alpha value is -1.46. The molecule has 2 atom stereocenters. The van der Waals surface area contributed by atoms with Gasteiger partial charge in [0.1, 0.15) is 11.9 Å². The molecule has 0 saturated carbocycles. The molecule has 0 bridgehead atoms. The number of carboxylic acids is 1. The summed E-state index contributed by atoms with van der Waals surface area (Å²) in [5, 5.41) is 20.1. The summed E-state index contributed by atoms with van der Waals surface area (Å²) in [6.07, 6.45) is 1.52. The van der Waals surface area contributed by atoms with Gasteiger partial charge in [0.05, 0.1) is 5.60 Å². The third-order valence-corrected chi connectivity index (χ3v) is 4.23. The fourth-order valence-corrected chi connectivity index (χ4v) is 3.13. The number of rotatable bonds is 6. The summed E-state index contributed by atoms with van der Waals surface area (Å²) in [4.78, 5) is 13.3. The second-order valence-electron chi connectivity index (χ2n) is 6.73. The summed E-state index contributed by atoms with van der Waals surface area (Å²) < 4.78 is 12.9. The maximum absolute atomic E-state index is 12.9. The van der Waals surface area contributed by atoms with Crippen LogP contribution in [0.3, 0.4) is 0 Å². The van der Waals surface area contributed by atoms with Gasteiger partial charge < -0.3 is 10.2 Å². The molecule has 1 aromatic rings. The van der Waals surface area contributed by atoms with Crippen LogP contribution in [0.4, 0.5) is 4.39 Å². The molecular formula is C17H24FNO3. The molecule has 1 saturated heterocycles. The van der Waals surface area contributed by atoms with Crippen LogP contribution in [0.25, 0.3) is 0 Å². The van der Waals surface area contributed by atoms with E-state index in [9.17, 15) is 19.4 Å². The number of aliphatic carboxylic acids is 1. The summed E-state index contributed by atoms with van der Waals surface area (Å²) in [7, 11) is 0. The largest absolute Gasteiger partial charge is 0.480 e. The third kappa shape index (κ3) is 4.27. The summed E-state index contributed by atoms with van der Waals surface area (Å²) in [6.45, 7) is 4.91. The van der Waals surface area contributed by atoms with Gasteiger partial charge in [-0.05, 0) is 36.5 Å². The van der Waals surface area contributed by atoms with Gasteiger partial charge in [-0.25, -0.2) is 4.39 Å². The molecule has 1 heterocycles. The number of halogens is 1. The van der Waals surface area contributed by atoms with E-state index in [2.05, 4.69) is 0 Å². The van der Waals surface area contributed by atoms with Gasteiger partial charge >= 0.3 is 5.97 Å². The van der Waals surface area contributed by atoms with Crippen LogP contribution in [-0.4, -0.2) is 45.8 Å². The van der Waals surface area contributed by atoms with Gasteiger partial charge in [0, 0.05) is 19.5 Å². The average Bonchev–Trinajstić information content (AvgIpc) is 2.80. The zero-order valence-electron chi connectivity index (χ0n) is 13.1. The number of β-amino-alcohol motifs (C(OH)–C–C–N with tert-alkyl or cyclic N) is 1. The van der Waals surface area contributed by atoms with E-state index in [1.54, 1.807) is 12.1 Å². The molecule has 0 aromatic heterocycles. The van der Waals surface area contributed by atoms with Crippen molar-refractivity contribution < 1.29 is 19.4 Å². The number of aliphatic hydroxyl groups is 1. The molecule has 1 aromatic carbocycles. The van der Waals surface area contributed by atoms with Crippen LogP contribution in [-0.2, 0) is 11.2 Å². The van der Waals surface area contributed by atoms with Crippen LogP contribution < -0.4 is 0 Å². The highest BCUT2D eigenvalue weighted by atomic mass is 19.1. The van der Waals surface area contributed by atoms with E-state index in [1.807, 2.05) is 18.7 Å². The Morgan fingerprint density at radius 2 is 2.00 bits per heavy atom. The second kappa shape index (κ2) is 6.75. The van der Waals surface area contributed by atoms with Gasteiger partial charge in [-0.2, -0.15) is 0 Å². The lowest BCUT2D eigenvalue weighted by atomic mass is 9.93. The quantitative estimate of drug-likeness (QED) is 0.846. The van der Waals surface area contributed by atoms with Crippen LogP contribution in [0.15, 0.2) is 24.3 Å². The highest BCUT2D eigenvalue weighted by Gasteiger charge is 2.40. The predicted molar refractivity (Wildman–Crippen MR) is 82.1 cm³/mol. The van der Waals surface area contributed by atoms with Crippen LogP contribution >= 0.6 is 0 Å². The van der Waals surface area contributed by atoms with Gasteiger partial charge in [0.25, 0.3) is 0 Å². The molecule has 2 unspecified atom stereocenters. The summed E-state index contributed by atoms with van der Waals surface area (Å²) in [6, 6.07) is 5.54. The van der Waals surface area contributed by atoms with E-state index in [0.717, 1.165) is 5.56 Å². The highest BCUT2D eigenvalue weighted by molar-refractivity contribution is 5.73. The number of carboxylic acid groups (broad SMARTS) is 1. The van der Waals surface area contributed by atoms with Gasteiger partial charge in [-0.15, -0.1) is 0 Å². The number of hydrogen-bond donors (Lipinski definition) is 2. The zero-order chi connectivity index (χ0) is 16.3. The molecule has 4 nitrogen and oxygen atoms in total. The molecule has 1 fully saturated rings. The van der Waals surface area contributed by atoms with Crippen LogP contribution in [0.5, 0.6) is 0 Å². The monoisotopic (exact) mass is 309 g/mol. The number of hydrogen-bond acceptors (Lipinski definition) is 3. The predicted octanol–water partition coefficient (Wildman–Crippen LogP) is 2.30. The first-order valence-electron chi connectivity index (χ1n) is 7.73. The van der Waals surface area contributed by atoms with E-state index in [4.69, 9.17) is 0 Å². The fourth-order valence-electron chi connectivity index (χ4n) is 3.13. The minimum atomic E-state index is -0.942. The number of nitrogens with zero attached hydrogens (tertiary/aromatic N) is 1. The Balaban J connectivity index is 2.03. The second-order valence-corrected chi connectivity index (χ2v) is 6.73. The maximum Gasteiger partial charge on any atom is 0.320 e. The van der Waals surface area contributed by atoms with Crippen molar-refractivity contribution in [2.75, 3.05) is 13.1 Å². The van der Waals surface area contributed by atoms with E-state index in [1.165, 1.54) is 12.1 Å². The smallest absolute Gasteiger partial charge is 0.320 e. The van der Waals surface area contributed by atoms with Gasteiger partial charge in [-0.3, -0.25) is 9.69 Å². The summed E-state index contributed by atoms with van der Waals surface area (Å²) in [5.74, 6) is -0.849. The van der Waals surface area contributed by atoms with Gasteiger partial charge in [-0.1, -0.05) is 26.0 Å². The molecular weight excluding hydrogens is 285 g/mol. The van der Waals surface area contributed by atoms with Crippen LogP contribution in [0.1, 0.15) is 32.3 Å². The molecule has 0 spiro atoms. The van der Waals surface area contributed by atoms with E-state index < -0.39 is 17.6 Å². The highest BCUT2D eigenvalue weighted by Crippen LogP contribution is 2.28. The lowest BCUT2D eigenvalue weighted by molar-refractivity contribution is -0.143. The first kappa shape index (κ1) is 16.9. The third-order valence-electron chi connectivity index (χ3n) is 4.23. The molecule has 22 heavy (non-hydrogen) atoms. The fraction of sp³-hybridized carbons (Fsp3) is 0.588. The molecule has 2 rings (SSSR count).